The number of ether oxygens (including phenoxy) is 1. The second-order valence-corrected chi connectivity index (χ2v) is 3.16. The predicted molar refractivity (Wildman–Crippen MR) is 61.2 cm³/mol. The molecule has 0 amide bonds. The predicted octanol–water partition coefficient (Wildman–Crippen LogP) is 3.00. The van der Waals surface area contributed by atoms with Gasteiger partial charge in [0.15, 0.2) is 0 Å². The summed E-state index contributed by atoms with van der Waals surface area (Å²) in [6.45, 7) is 2.55. The maximum absolute atomic E-state index is 5.19. The van der Waals surface area contributed by atoms with Gasteiger partial charge in [-0.25, -0.2) is 0 Å². The molecule has 15 heavy (non-hydrogen) atoms. The molecule has 1 aromatic rings. The highest BCUT2D eigenvalue weighted by molar-refractivity contribution is 5.55. The zero-order valence-electron chi connectivity index (χ0n) is 9.27. The first kappa shape index (κ1) is 11.6. The van der Waals surface area contributed by atoms with E-state index in [1.807, 2.05) is 24.3 Å². The molecule has 0 fully saturated rings. The number of rotatable bonds is 6. The van der Waals surface area contributed by atoms with Crippen LogP contribution in [0.25, 0.3) is 0 Å². The van der Waals surface area contributed by atoms with Gasteiger partial charge in [0.05, 0.1) is 7.11 Å². The van der Waals surface area contributed by atoms with Gasteiger partial charge in [0.25, 0.3) is 0 Å². The van der Waals surface area contributed by atoms with Crippen molar-refractivity contribution in [1.29, 1.82) is 0 Å². The maximum atomic E-state index is 5.19. The Balaban J connectivity index is 2.43. The van der Waals surface area contributed by atoms with Gasteiger partial charge in [-0.2, -0.15) is 0 Å². The van der Waals surface area contributed by atoms with E-state index >= 15 is 0 Å². The van der Waals surface area contributed by atoms with Gasteiger partial charge in [-0.3, -0.25) is 0 Å². The fourth-order valence-electron chi connectivity index (χ4n) is 1.16. The van der Waals surface area contributed by atoms with Crippen LogP contribution in [0, 0.1) is 0 Å². The minimum Gasteiger partial charge on any atom is -0.496 e. The van der Waals surface area contributed by atoms with Crippen LogP contribution in [0.1, 0.15) is 25.3 Å². The van der Waals surface area contributed by atoms with Crippen molar-refractivity contribution in [2.75, 3.05) is 7.11 Å². The van der Waals surface area contributed by atoms with Crippen molar-refractivity contribution in [2.24, 2.45) is 5.16 Å². The minimum atomic E-state index is 0.449. The zero-order chi connectivity index (χ0) is 10.9. The van der Waals surface area contributed by atoms with E-state index < -0.39 is 0 Å². The van der Waals surface area contributed by atoms with Crippen molar-refractivity contribution < 1.29 is 9.57 Å². The molecule has 0 saturated carbocycles. The lowest BCUT2D eigenvalue weighted by Crippen LogP contribution is -1.93. The van der Waals surface area contributed by atoms with Gasteiger partial charge in [-0.05, 0) is 12.5 Å². The highest BCUT2D eigenvalue weighted by Crippen LogP contribution is 2.17. The normalized spacial score (nSPS) is 10.5. The third-order valence-electron chi connectivity index (χ3n) is 1.98. The summed E-state index contributed by atoms with van der Waals surface area (Å²) in [6.07, 6.45) is 3.82. The summed E-state index contributed by atoms with van der Waals surface area (Å²) < 4.78 is 5.19. The lowest BCUT2D eigenvalue weighted by Gasteiger charge is -2.06. The molecule has 1 aromatic carbocycles. The fraction of sp³-hybridized carbons (Fsp3) is 0.417. The summed E-state index contributed by atoms with van der Waals surface area (Å²) in [5, 5.41) is 3.85. The Bertz CT molecular complexity index is 310. The average molecular weight is 207 g/mol. The molecule has 0 atom stereocenters. The monoisotopic (exact) mass is 207 g/mol. The number of nitrogens with zero attached hydrogens (tertiary/aromatic N) is 1. The van der Waals surface area contributed by atoms with Crippen LogP contribution in [0.15, 0.2) is 29.4 Å². The van der Waals surface area contributed by atoms with E-state index in [0.29, 0.717) is 6.61 Å². The Morgan fingerprint density at radius 2 is 2.13 bits per heavy atom. The Kier molecular flexibility index (Phi) is 5.30. The van der Waals surface area contributed by atoms with Gasteiger partial charge in [-0.1, -0.05) is 36.7 Å². The van der Waals surface area contributed by atoms with Gasteiger partial charge in [0.1, 0.15) is 12.4 Å². The second-order valence-electron chi connectivity index (χ2n) is 3.16. The SMILES string of the molecule is CCCC=NOCc1ccccc1OC. The molecule has 0 bridgehead atoms. The van der Waals surface area contributed by atoms with Crippen molar-refractivity contribution in [1.82, 2.24) is 0 Å². The van der Waals surface area contributed by atoms with Gasteiger partial charge >= 0.3 is 0 Å². The molecule has 0 spiro atoms. The van der Waals surface area contributed by atoms with E-state index in [-0.39, 0.29) is 0 Å². The minimum absolute atomic E-state index is 0.449. The number of para-hydroxylation sites is 1. The molecule has 0 radical (unpaired) electrons. The average Bonchev–Trinajstić information content (AvgIpc) is 2.29. The number of methoxy groups -OCH3 is 1. The standard InChI is InChI=1S/C12H17NO2/c1-3-4-9-13-15-10-11-7-5-6-8-12(11)14-2/h5-9H,3-4,10H2,1-2H3. The van der Waals surface area contributed by atoms with E-state index in [1.54, 1.807) is 13.3 Å². The summed E-state index contributed by atoms with van der Waals surface area (Å²) in [5.41, 5.74) is 1.01. The van der Waals surface area contributed by atoms with Crippen LogP contribution < -0.4 is 4.74 Å². The van der Waals surface area contributed by atoms with Gasteiger partial charge < -0.3 is 9.57 Å². The van der Waals surface area contributed by atoms with Crippen molar-refractivity contribution in [3.63, 3.8) is 0 Å². The molecule has 3 nitrogen and oxygen atoms in total. The highest BCUT2D eigenvalue weighted by Gasteiger charge is 2.00. The largest absolute Gasteiger partial charge is 0.496 e. The third kappa shape index (κ3) is 4.02. The summed E-state index contributed by atoms with van der Waals surface area (Å²) in [4.78, 5) is 5.15. The smallest absolute Gasteiger partial charge is 0.145 e. The molecule has 82 valence electrons. The first-order valence-corrected chi connectivity index (χ1v) is 5.14. The number of hydrogen-bond donors (Lipinski definition) is 0. The maximum Gasteiger partial charge on any atom is 0.145 e. The number of benzene rings is 1. The summed E-state index contributed by atoms with van der Waals surface area (Å²) >= 11 is 0. The quantitative estimate of drug-likeness (QED) is 0.530. The molecule has 0 heterocycles. The van der Waals surface area contributed by atoms with Crippen LogP contribution in [0.5, 0.6) is 5.75 Å². The molecule has 1 rings (SSSR count). The Hall–Kier alpha value is -1.51. The van der Waals surface area contributed by atoms with Gasteiger partial charge in [0, 0.05) is 11.8 Å². The van der Waals surface area contributed by atoms with Crippen LogP contribution in [-0.4, -0.2) is 13.3 Å². The van der Waals surface area contributed by atoms with Crippen molar-refractivity contribution in [2.45, 2.75) is 26.4 Å². The van der Waals surface area contributed by atoms with E-state index in [4.69, 9.17) is 9.57 Å². The van der Waals surface area contributed by atoms with Crippen LogP contribution in [0.2, 0.25) is 0 Å². The van der Waals surface area contributed by atoms with Crippen LogP contribution in [0.3, 0.4) is 0 Å². The number of hydrogen-bond acceptors (Lipinski definition) is 3. The zero-order valence-corrected chi connectivity index (χ0v) is 9.27. The fourth-order valence-corrected chi connectivity index (χ4v) is 1.16. The lowest BCUT2D eigenvalue weighted by molar-refractivity contribution is 0.129. The molecular weight excluding hydrogens is 190 g/mol. The molecule has 0 aliphatic heterocycles. The molecule has 0 unspecified atom stereocenters. The lowest BCUT2D eigenvalue weighted by atomic mass is 10.2. The molecular formula is C12H17NO2. The number of oxime groups is 1. The third-order valence-corrected chi connectivity index (χ3v) is 1.98. The Labute approximate surface area is 90.7 Å². The highest BCUT2D eigenvalue weighted by atomic mass is 16.6. The first-order chi connectivity index (χ1) is 7.38. The molecule has 0 aromatic heterocycles. The van der Waals surface area contributed by atoms with E-state index in [2.05, 4.69) is 12.1 Å². The van der Waals surface area contributed by atoms with Crippen LogP contribution >= 0.6 is 0 Å². The van der Waals surface area contributed by atoms with E-state index in [0.717, 1.165) is 24.2 Å². The summed E-state index contributed by atoms with van der Waals surface area (Å²) in [5.74, 6) is 0.836. The first-order valence-electron chi connectivity index (χ1n) is 5.14. The second kappa shape index (κ2) is 6.87. The molecule has 3 heteroatoms. The van der Waals surface area contributed by atoms with E-state index in [9.17, 15) is 0 Å². The molecule has 0 aliphatic carbocycles. The van der Waals surface area contributed by atoms with Gasteiger partial charge in [0.2, 0.25) is 0 Å². The molecule has 0 N–H and O–H groups in total. The topological polar surface area (TPSA) is 30.8 Å². The van der Waals surface area contributed by atoms with Crippen molar-refractivity contribution in [3.05, 3.63) is 29.8 Å². The summed E-state index contributed by atoms with van der Waals surface area (Å²) in [6, 6.07) is 7.77. The summed E-state index contributed by atoms with van der Waals surface area (Å²) in [7, 11) is 1.65. The van der Waals surface area contributed by atoms with Crippen LogP contribution in [0.4, 0.5) is 0 Å². The van der Waals surface area contributed by atoms with Crippen LogP contribution in [-0.2, 0) is 11.4 Å². The Morgan fingerprint density at radius 1 is 1.33 bits per heavy atom. The van der Waals surface area contributed by atoms with E-state index in [1.165, 1.54) is 0 Å². The van der Waals surface area contributed by atoms with Gasteiger partial charge in [-0.15, -0.1) is 0 Å². The Morgan fingerprint density at radius 3 is 2.87 bits per heavy atom. The number of unbranched alkanes of at least 4 members (excludes halogenated alkanes) is 1. The molecule has 0 aliphatic rings. The van der Waals surface area contributed by atoms with Crippen molar-refractivity contribution >= 4 is 6.21 Å². The van der Waals surface area contributed by atoms with Crippen molar-refractivity contribution in [3.8, 4) is 5.75 Å². The molecule has 0 saturated heterocycles.